The van der Waals surface area contributed by atoms with Crippen molar-refractivity contribution in [3.63, 3.8) is 0 Å². The number of aromatic nitrogens is 2. The molecule has 0 amide bonds. The molecule has 0 atom stereocenters. The second kappa shape index (κ2) is 6.72. The maximum atomic E-state index is 5.96. The van der Waals surface area contributed by atoms with Crippen molar-refractivity contribution in [1.29, 1.82) is 0 Å². The standard InChI is InChI=1S/C22H24N4O/c23-22-25-19-8-6-15(14-7-9-20-16(12-14)10-11-27-20)13-18(19)21(26-22)24-17-4-2-1-3-5-17/h6-9,12-13,17H,1-5,10-11H2,(H3,23,24,25,26). The Bertz CT molecular complexity index is 995. The van der Waals surface area contributed by atoms with Gasteiger partial charge in [-0.25, -0.2) is 4.98 Å². The van der Waals surface area contributed by atoms with E-state index in [0.29, 0.717) is 12.0 Å². The first kappa shape index (κ1) is 16.4. The third-order valence-electron chi connectivity index (χ3n) is 5.68. The minimum atomic E-state index is 0.322. The van der Waals surface area contributed by atoms with Crippen LogP contribution in [0, 0.1) is 0 Å². The van der Waals surface area contributed by atoms with Crippen molar-refractivity contribution in [3.8, 4) is 16.9 Å². The Morgan fingerprint density at radius 3 is 2.67 bits per heavy atom. The van der Waals surface area contributed by atoms with Crippen molar-refractivity contribution in [2.75, 3.05) is 17.7 Å². The van der Waals surface area contributed by atoms with Crippen LogP contribution < -0.4 is 15.8 Å². The highest BCUT2D eigenvalue weighted by molar-refractivity contribution is 5.93. The number of fused-ring (bicyclic) bond motifs is 2. The van der Waals surface area contributed by atoms with Crippen molar-refractivity contribution in [2.24, 2.45) is 0 Å². The number of benzene rings is 2. The zero-order valence-electron chi connectivity index (χ0n) is 15.4. The summed E-state index contributed by atoms with van der Waals surface area (Å²) in [6.45, 7) is 0.777. The molecule has 1 aromatic heterocycles. The second-order valence-electron chi connectivity index (χ2n) is 7.56. The number of hydrogen-bond donors (Lipinski definition) is 2. The molecule has 3 aromatic rings. The Balaban J connectivity index is 1.55. The molecule has 2 heterocycles. The summed E-state index contributed by atoms with van der Waals surface area (Å²) in [4.78, 5) is 8.95. The topological polar surface area (TPSA) is 73.1 Å². The summed E-state index contributed by atoms with van der Waals surface area (Å²) in [5.74, 6) is 2.19. The Morgan fingerprint density at radius 1 is 0.963 bits per heavy atom. The molecule has 5 rings (SSSR count). The molecular weight excluding hydrogens is 336 g/mol. The molecule has 0 saturated heterocycles. The predicted octanol–water partition coefficient (Wildman–Crippen LogP) is 4.56. The molecule has 0 spiro atoms. The highest BCUT2D eigenvalue weighted by Gasteiger charge is 2.17. The number of anilines is 2. The van der Waals surface area contributed by atoms with Crippen LogP contribution in [0.5, 0.6) is 5.75 Å². The zero-order valence-corrected chi connectivity index (χ0v) is 15.4. The number of hydrogen-bond acceptors (Lipinski definition) is 5. The predicted molar refractivity (Wildman–Crippen MR) is 109 cm³/mol. The van der Waals surface area contributed by atoms with Gasteiger partial charge in [0.2, 0.25) is 5.95 Å². The Morgan fingerprint density at radius 2 is 1.78 bits per heavy atom. The first-order chi connectivity index (χ1) is 13.3. The summed E-state index contributed by atoms with van der Waals surface area (Å²) in [6.07, 6.45) is 7.24. The van der Waals surface area contributed by atoms with E-state index >= 15 is 0 Å². The highest BCUT2D eigenvalue weighted by Crippen LogP contribution is 2.33. The summed E-state index contributed by atoms with van der Waals surface area (Å²) in [5.41, 5.74) is 10.5. The number of ether oxygens (including phenoxy) is 1. The fraction of sp³-hybridized carbons (Fsp3) is 0.364. The first-order valence-electron chi connectivity index (χ1n) is 9.86. The maximum absolute atomic E-state index is 5.96. The Kier molecular flexibility index (Phi) is 4.07. The van der Waals surface area contributed by atoms with E-state index in [1.807, 2.05) is 6.07 Å². The van der Waals surface area contributed by atoms with Crippen LogP contribution in [0.15, 0.2) is 36.4 Å². The molecule has 0 bridgehead atoms. The summed E-state index contributed by atoms with van der Waals surface area (Å²) >= 11 is 0. The molecule has 0 unspecified atom stereocenters. The monoisotopic (exact) mass is 360 g/mol. The van der Waals surface area contributed by atoms with Crippen LogP contribution in [-0.2, 0) is 6.42 Å². The summed E-state index contributed by atoms with van der Waals surface area (Å²) in [5, 5.41) is 4.67. The number of nitrogens with two attached hydrogens (primary N) is 1. The van der Waals surface area contributed by atoms with Gasteiger partial charge in [0.05, 0.1) is 12.1 Å². The molecule has 1 fully saturated rings. The van der Waals surface area contributed by atoms with Gasteiger partial charge in [-0.15, -0.1) is 0 Å². The maximum Gasteiger partial charge on any atom is 0.222 e. The highest BCUT2D eigenvalue weighted by atomic mass is 16.5. The molecule has 0 radical (unpaired) electrons. The van der Waals surface area contributed by atoms with Crippen molar-refractivity contribution in [3.05, 3.63) is 42.0 Å². The lowest BCUT2D eigenvalue weighted by atomic mass is 9.95. The van der Waals surface area contributed by atoms with Gasteiger partial charge < -0.3 is 15.8 Å². The van der Waals surface area contributed by atoms with Crippen molar-refractivity contribution in [1.82, 2.24) is 9.97 Å². The van der Waals surface area contributed by atoms with Crippen molar-refractivity contribution < 1.29 is 4.74 Å². The van der Waals surface area contributed by atoms with Crippen LogP contribution in [0.4, 0.5) is 11.8 Å². The number of nitrogens with one attached hydrogen (secondary N) is 1. The average molecular weight is 360 g/mol. The molecule has 2 aliphatic rings. The number of nitrogens with zero attached hydrogens (tertiary/aromatic N) is 2. The van der Waals surface area contributed by atoms with Crippen LogP contribution in [0.3, 0.4) is 0 Å². The van der Waals surface area contributed by atoms with Crippen molar-refractivity contribution >= 4 is 22.7 Å². The molecule has 27 heavy (non-hydrogen) atoms. The van der Waals surface area contributed by atoms with Gasteiger partial charge in [0.15, 0.2) is 0 Å². The molecule has 138 valence electrons. The zero-order chi connectivity index (χ0) is 18.2. The number of nitrogen functional groups attached to an aromatic ring is 1. The van der Waals surface area contributed by atoms with E-state index in [1.165, 1.54) is 43.2 Å². The average Bonchev–Trinajstić information content (AvgIpc) is 3.16. The van der Waals surface area contributed by atoms with E-state index in [9.17, 15) is 0 Å². The van der Waals surface area contributed by atoms with E-state index in [4.69, 9.17) is 10.5 Å². The fourth-order valence-electron chi connectivity index (χ4n) is 4.24. The normalized spacial score (nSPS) is 16.9. The molecule has 5 heteroatoms. The third kappa shape index (κ3) is 3.18. The lowest BCUT2D eigenvalue weighted by Gasteiger charge is -2.24. The lowest BCUT2D eigenvalue weighted by molar-refractivity contribution is 0.357. The summed E-state index contributed by atoms with van der Waals surface area (Å²) < 4.78 is 5.63. The SMILES string of the molecule is Nc1nc(NC2CCCCC2)c2cc(-c3ccc4c(c3)CCO4)ccc2n1. The van der Waals surface area contributed by atoms with Gasteiger partial charge in [-0.05, 0) is 53.8 Å². The van der Waals surface area contributed by atoms with Gasteiger partial charge in [0.25, 0.3) is 0 Å². The van der Waals surface area contributed by atoms with E-state index in [-0.39, 0.29) is 0 Å². The minimum absolute atomic E-state index is 0.322. The van der Waals surface area contributed by atoms with Crippen LogP contribution in [0.1, 0.15) is 37.7 Å². The molecule has 1 aliphatic heterocycles. The van der Waals surface area contributed by atoms with Gasteiger partial charge in [0, 0.05) is 17.8 Å². The van der Waals surface area contributed by atoms with E-state index in [0.717, 1.165) is 41.1 Å². The van der Waals surface area contributed by atoms with Crippen LogP contribution >= 0.6 is 0 Å². The van der Waals surface area contributed by atoms with Crippen LogP contribution in [0.25, 0.3) is 22.0 Å². The quantitative estimate of drug-likeness (QED) is 0.716. The molecule has 3 N–H and O–H groups in total. The van der Waals surface area contributed by atoms with Gasteiger partial charge >= 0.3 is 0 Å². The van der Waals surface area contributed by atoms with Crippen LogP contribution in [-0.4, -0.2) is 22.6 Å². The second-order valence-corrected chi connectivity index (χ2v) is 7.56. The van der Waals surface area contributed by atoms with Gasteiger partial charge in [-0.1, -0.05) is 31.4 Å². The smallest absolute Gasteiger partial charge is 0.222 e. The number of rotatable bonds is 3. The first-order valence-corrected chi connectivity index (χ1v) is 9.86. The molecule has 1 aliphatic carbocycles. The minimum Gasteiger partial charge on any atom is -0.493 e. The fourth-order valence-corrected chi connectivity index (χ4v) is 4.24. The Labute approximate surface area is 159 Å². The lowest BCUT2D eigenvalue weighted by Crippen LogP contribution is -2.23. The van der Waals surface area contributed by atoms with Crippen LogP contribution in [0.2, 0.25) is 0 Å². The van der Waals surface area contributed by atoms with Crippen molar-refractivity contribution in [2.45, 2.75) is 44.6 Å². The molecule has 1 saturated carbocycles. The van der Waals surface area contributed by atoms with E-state index in [2.05, 4.69) is 45.6 Å². The molecule has 2 aromatic carbocycles. The molecular formula is C22H24N4O. The third-order valence-corrected chi connectivity index (χ3v) is 5.68. The Hall–Kier alpha value is -2.82. The van der Waals surface area contributed by atoms with E-state index < -0.39 is 0 Å². The van der Waals surface area contributed by atoms with Gasteiger partial charge in [-0.3, -0.25) is 0 Å². The van der Waals surface area contributed by atoms with Gasteiger partial charge in [-0.2, -0.15) is 4.98 Å². The summed E-state index contributed by atoms with van der Waals surface area (Å²) in [6, 6.07) is 13.2. The largest absolute Gasteiger partial charge is 0.493 e. The summed E-state index contributed by atoms with van der Waals surface area (Å²) in [7, 11) is 0. The van der Waals surface area contributed by atoms with Gasteiger partial charge in [0.1, 0.15) is 11.6 Å². The van der Waals surface area contributed by atoms with E-state index in [1.54, 1.807) is 0 Å². The molecule has 5 nitrogen and oxygen atoms in total.